The van der Waals surface area contributed by atoms with Crippen LogP contribution in [0.15, 0.2) is 28.7 Å². The van der Waals surface area contributed by atoms with Crippen molar-refractivity contribution in [2.45, 2.75) is 6.18 Å². The number of pyridine rings is 1. The van der Waals surface area contributed by atoms with E-state index in [9.17, 15) is 17.6 Å². The molecule has 0 radical (unpaired) electrons. The lowest BCUT2D eigenvalue weighted by atomic mass is 10.2. The number of aromatic nitrogens is 1. The van der Waals surface area contributed by atoms with Gasteiger partial charge in [-0.2, -0.15) is 13.2 Å². The number of benzene rings is 1. The van der Waals surface area contributed by atoms with Crippen molar-refractivity contribution in [3.8, 4) is 0 Å². The summed E-state index contributed by atoms with van der Waals surface area (Å²) in [6.45, 7) is 0. The molecule has 0 fully saturated rings. The maximum Gasteiger partial charge on any atom is 0.433 e. The number of hydrogen-bond acceptors (Lipinski definition) is 1. The summed E-state index contributed by atoms with van der Waals surface area (Å²) in [7, 11) is 0. The molecule has 0 aliphatic carbocycles. The second-order valence-corrected chi connectivity index (χ2v) is 4.00. The molecule has 1 aromatic heterocycles. The maximum atomic E-state index is 12.9. The van der Waals surface area contributed by atoms with Crippen molar-refractivity contribution < 1.29 is 17.6 Å². The Hall–Kier alpha value is -1.17. The van der Waals surface area contributed by atoms with Gasteiger partial charge in [0.15, 0.2) is 0 Å². The van der Waals surface area contributed by atoms with Crippen LogP contribution in [-0.2, 0) is 6.18 Å². The van der Waals surface area contributed by atoms with Gasteiger partial charge >= 0.3 is 6.18 Å². The van der Waals surface area contributed by atoms with E-state index in [2.05, 4.69) is 20.9 Å². The van der Waals surface area contributed by atoms with Crippen molar-refractivity contribution >= 4 is 26.8 Å². The summed E-state index contributed by atoms with van der Waals surface area (Å²) in [5.41, 5.74) is -0.901. The molecule has 0 aliphatic rings. The Morgan fingerprint density at radius 1 is 1.12 bits per heavy atom. The quantitative estimate of drug-likeness (QED) is 0.665. The normalized spacial score (nSPS) is 12.1. The third-order valence-electron chi connectivity index (χ3n) is 2.01. The van der Waals surface area contributed by atoms with Crippen LogP contribution in [0, 0.1) is 5.82 Å². The Morgan fingerprint density at radius 2 is 1.81 bits per heavy atom. The second-order valence-electron chi connectivity index (χ2n) is 3.15. The maximum absolute atomic E-state index is 12.9. The number of nitrogens with zero attached hydrogens (tertiary/aromatic N) is 1. The van der Waals surface area contributed by atoms with Gasteiger partial charge in [0, 0.05) is 9.86 Å². The third-order valence-corrected chi connectivity index (χ3v) is 2.67. The van der Waals surface area contributed by atoms with Crippen molar-refractivity contribution in [2.75, 3.05) is 0 Å². The van der Waals surface area contributed by atoms with Gasteiger partial charge in [0.2, 0.25) is 0 Å². The molecule has 16 heavy (non-hydrogen) atoms. The molecule has 0 atom stereocenters. The van der Waals surface area contributed by atoms with Gasteiger partial charge in [-0.3, -0.25) is 0 Å². The Bertz CT molecular complexity index is 550. The molecule has 84 valence electrons. The summed E-state index contributed by atoms with van der Waals surface area (Å²) < 4.78 is 50.3. The van der Waals surface area contributed by atoms with Gasteiger partial charge in [-0.1, -0.05) is 15.9 Å². The minimum absolute atomic E-state index is 0.100. The molecule has 0 amide bonds. The second kappa shape index (κ2) is 3.69. The van der Waals surface area contributed by atoms with E-state index >= 15 is 0 Å². The lowest BCUT2D eigenvalue weighted by Gasteiger charge is -2.08. The van der Waals surface area contributed by atoms with Gasteiger partial charge in [-0.05, 0) is 24.3 Å². The molecule has 1 aromatic carbocycles. The molecule has 0 saturated heterocycles. The van der Waals surface area contributed by atoms with Gasteiger partial charge in [-0.15, -0.1) is 0 Å². The number of hydrogen-bond donors (Lipinski definition) is 0. The Balaban J connectivity index is 2.74. The van der Waals surface area contributed by atoms with E-state index < -0.39 is 17.7 Å². The minimum atomic E-state index is -4.51. The van der Waals surface area contributed by atoms with E-state index in [1.165, 1.54) is 6.07 Å². The summed E-state index contributed by atoms with van der Waals surface area (Å²) in [5, 5.41) is 0.313. The fraction of sp³-hybridized carbons (Fsp3) is 0.100. The van der Waals surface area contributed by atoms with Gasteiger partial charge in [0.05, 0.1) is 5.52 Å². The highest BCUT2D eigenvalue weighted by molar-refractivity contribution is 9.10. The zero-order chi connectivity index (χ0) is 11.9. The first-order valence-electron chi connectivity index (χ1n) is 4.21. The van der Waals surface area contributed by atoms with E-state index in [0.29, 0.717) is 5.39 Å². The highest BCUT2D eigenvalue weighted by Crippen LogP contribution is 2.33. The molecule has 0 aliphatic heterocycles. The lowest BCUT2D eigenvalue weighted by molar-refractivity contribution is -0.141. The standard InChI is InChI=1S/C10H4BrF4N/c11-7-4-9(10(13,14)15)16-8-2-1-5(12)3-6(7)8/h1-4H. The predicted molar refractivity (Wildman–Crippen MR) is 54.4 cm³/mol. The van der Waals surface area contributed by atoms with Crippen molar-refractivity contribution in [3.63, 3.8) is 0 Å². The van der Waals surface area contributed by atoms with Crippen LogP contribution < -0.4 is 0 Å². The van der Waals surface area contributed by atoms with Crippen LogP contribution in [0.2, 0.25) is 0 Å². The number of fused-ring (bicyclic) bond motifs is 1. The molecule has 2 aromatic rings. The third kappa shape index (κ3) is 2.02. The molecule has 2 rings (SSSR count). The van der Waals surface area contributed by atoms with Crippen LogP contribution in [0.5, 0.6) is 0 Å². The monoisotopic (exact) mass is 293 g/mol. The Kier molecular flexibility index (Phi) is 2.61. The SMILES string of the molecule is Fc1ccc2nc(C(F)(F)F)cc(Br)c2c1. The van der Waals surface area contributed by atoms with E-state index in [-0.39, 0.29) is 9.99 Å². The van der Waals surface area contributed by atoms with E-state index in [1.807, 2.05) is 0 Å². The van der Waals surface area contributed by atoms with Crippen molar-refractivity contribution in [2.24, 2.45) is 0 Å². The highest BCUT2D eigenvalue weighted by atomic mass is 79.9. The average Bonchev–Trinajstić information content (AvgIpc) is 2.17. The summed E-state index contributed by atoms with van der Waals surface area (Å²) in [5.74, 6) is -0.519. The van der Waals surface area contributed by atoms with Gasteiger partial charge in [0.25, 0.3) is 0 Å². The predicted octanol–water partition coefficient (Wildman–Crippen LogP) is 4.16. The number of rotatable bonds is 0. The van der Waals surface area contributed by atoms with E-state index in [0.717, 1.165) is 18.2 Å². The Morgan fingerprint density at radius 3 is 2.44 bits per heavy atom. The fourth-order valence-corrected chi connectivity index (χ4v) is 1.84. The first-order valence-corrected chi connectivity index (χ1v) is 5.00. The van der Waals surface area contributed by atoms with Crippen LogP contribution >= 0.6 is 15.9 Å². The molecule has 0 unspecified atom stereocenters. The highest BCUT2D eigenvalue weighted by Gasteiger charge is 2.33. The molecular weight excluding hydrogens is 290 g/mol. The summed E-state index contributed by atoms with van der Waals surface area (Å²) in [4.78, 5) is 3.43. The molecule has 1 heterocycles. The molecule has 0 bridgehead atoms. The molecule has 1 nitrogen and oxygen atoms in total. The molecule has 0 N–H and O–H groups in total. The number of alkyl halides is 3. The van der Waals surface area contributed by atoms with Gasteiger partial charge in [-0.25, -0.2) is 9.37 Å². The lowest BCUT2D eigenvalue weighted by Crippen LogP contribution is -2.08. The van der Waals surface area contributed by atoms with Crippen LogP contribution in [0.25, 0.3) is 10.9 Å². The minimum Gasteiger partial charge on any atom is -0.243 e. The fourth-order valence-electron chi connectivity index (χ4n) is 1.30. The van der Waals surface area contributed by atoms with Crippen LogP contribution in [0.4, 0.5) is 17.6 Å². The summed E-state index contributed by atoms with van der Waals surface area (Å²) >= 11 is 2.97. The van der Waals surface area contributed by atoms with Gasteiger partial charge in [0.1, 0.15) is 11.5 Å². The average molecular weight is 294 g/mol. The molecular formula is C10H4BrF4N. The molecule has 6 heteroatoms. The van der Waals surface area contributed by atoms with Crippen molar-refractivity contribution in [1.82, 2.24) is 4.98 Å². The summed E-state index contributed by atoms with van der Waals surface area (Å²) in [6, 6.07) is 4.25. The zero-order valence-electron chi connectivity index (χ0n) is 7.65. The largest absolute Gasteiger partial charge is 0.433 e. The first-order chi connectivity index (χ1) is 7.38. The number of halogens is 5. The first kappa shape index (κ1) is 11.3. The van der Waals surface area contributed by atoms with E-state index in [4.69, 9.17) is 0 Å². The van der Waals surface area contributed by atoms with Crippen molar-refractivity contribution in [1.29, 1.82) is 0 Å². The molecule has 0 spiro atoms. The zero-order valence-corrected chi connectivity index (χ0v) is 9.23. The van der Waals surface area contributed by atoms with Crippen LogP contribution in [0.3, 0.4) is 0 Å². The van der Waals surface area contributed by atoms with Crippen LogP contribution in [0.1, 0.15) is 5.69 Å². The smallest absolute Gasteiger partial charge is 0.243 e. The topological polar surface area (TPSA) is 12.9 Å². The Labute approximate surface area is 96.2 Å². The van der Waals surface area contributed by atoms with Gasteiger partial charge < -0.3 is 0 Å². The van der Waals surface area contributed by atoms with Crippen LogP contribution in [-0.4, -0.2) is 4.98 Å². The summed E-state index contributed by atoms with van der Waals surface area (Å²) in [6.07, 6.45) is -4.51. The van der Waals surface area contributed by atoms with Crippen molar-refractivity contribution in [3.05, 3.63) is 40.2 Å². The molecule has 0 saturated carbocycles. The van der Waals surface area contributed by atoms with E-state index in [1.54, 1.807) is 0 Å².